The molecular formula is C25H30N4O5S. The van der Waals surface area contributed by atoms with Crippen molar-refractivity contribution in [2.75, 3.05) is 44.2 Å². The van der Waals surface area contributed by atoms with Crippen LogP contribution in [0.15, 0.2) is 47.4 Å². The van der Waals surface area contributed by atoms with Crippen molar-refractivity contribution in [3.8, 4) is 0 Å². The minimum Gasteiger partial charge on any atom is -0.343 e. The van der Waals surface area contributed by atoms with Gasteiger partial charge in [0.05, 0.1) is 11.4 Å². The van der Waals surface area contributed by atoms with Crippen LogP contribution in [0.25, 0.3) is 0 Å². The Morgan fingerprint density at radius 2 is 1.63 bits per heavy atom. The Bertz CT molecular complexity index is 1240. The van der Waals surface area contributed by atoms with E-state index in [0.717, 1.165) is 17.7 Å². The van der Waals surface area contributed by atoms with Crippen molar-refractivity contribution in [1.29, 1.82) is 0 Å². The molecule has 4 rings (SSSR count). The van der Waals surface area contributed by atoms with Crippen LogP contribution in [0.4, 0.5) is 5.69 Å². The molecule has 1 N–H and O–H groups in total. The molecule has 0 bridgehead atoms. The fourth-order valence-corrected chi connectivity index (χ4v) is 6.12. The third-order valence-electron chi connectivity index (χ3n) is 6.45. The van der Waals surface area contributed by atoms with Crippen molar-refractivity contribution in [3.05, 3.63) is 59.2 Å². The van der Waals surface area contributed by atoms with Crippen LogP contribution in [-0.4, -0.2) is 74.6 Å². The van der Waals surface area contributed by atoms with Crippen LogP contribution in [0.2, 0.25) is 0 Å². The monoisotopic (exact) mass is 498 g/mol. The van der Waals surface area contributed by atoms with Gasteiger partial charge in [-0.05, 0) is 56.2 Å². The standard InChI is InChI=1S/C25H30N4O5S/c1-18-5-10-22(19(2)16-18)35(33,34)28-14-12-27(13-15-28)24(31)17-26-25(32)20-6-8-21(9-7-20)29-11-3-4-23(29)30/h5-10,16H,3-4,11-15,17H2,1-2H3,(H,26,32). The molecule has 9 nitrogen and oxygen atoms in total. The molecule has 186 valence electrons. The predicted octanol–water partition coefficient (Wildman–Crippen LogP) is 1.69. The first-order chi connectivity index (χ1) is 16.7. The van der Waals surface area contributed by atoms with Gasteiger partial charge in [0, 0.05) is 50.4 Å². The average molecular weight is 499 g/mol. The summed E-state index contributed by atoms with van der Waals surface area (Å²) in [5.74, 6) is -0.565. The molecule has 2 heterocycles. The molecule has 3 amide bonds. The predicted molar refractivity (Wildman–Crippen MR) is 132 cm³/mol. The van der Waals surface area contributed by atoms with Gasteiger partial charge in [-0.3, -0.25) is 14.4 Å². The summed E-state index contributed by atoms with van der Waals surface area (Å²) in [6.45, 7) is 5.13. The molecule has 2 aliphatic heterocycles. The number of rotatable bonds is 6. The molecule has 0 saturated carbocycles. The van der Waals surface area contributed by atoms with Crippen molar-refractivity contribution in [3.63, 3.8) is 0 Å². The Labute approximate surface area is 205 Å². The topological polar surface area (TPSA) is 107 Å². The quantitative estimate of drug-likeness (QED) is 0.652. The average Bonchev–Trinajstić information content (AvgIpc) is 3.28. The van der Waals surface area contributed by atoms with Gasteiger partial charge in [-0.1, -0.05) is 17.7 Å². The normalized spacial score (nSPS) is 17.0. The van der Waals surface area contributed by atoms with Gasteiger partial charge in [0.15, 0.2) is 0 Å². The van der Waals surface area contributed by atoms with Gasteiger partial charge < -0.3 is 15.1 Å². The highest BCUT2D eigenvalue weighted by Crippen LogP contribution is 2.23. The van der Waals surface area contributed by atoms with Crippen LogP contribution in [0.3, 0.4) is 0 Å². The second-order valence-electron chi connectivity index (χ2n) is 8.93. The van der Waals surface area contributed by atoms with Gasteiger partial charge >= 0.3 is 0 Å². The van der Waals surface area contributed by atoms with Crippen LogP contribution in [-0.2, 0) is 19.6 Å². The first-order valence-electron chi connectivity index (χ1n) is 11.7. The van der Waals surface area contributed by atoms with Crippen molar-refractivity contribution in [1.82, 2.24) is 14.5 Å². The van der Waals surface area contributed by atoms with Crippen molar-refractivity contribution in [2.45, 2.75) is 31.6 Å². The fraction of sp³-hybridized carbons (Fsp3) is 0.400. The number of nitrogens with zero attached hydrogens (tertiary/aromatic N) is 3. The van der Waals surface area contributed by atoms with E-state index in [9.17, 15) is 22.8 Å². The van der Waals surface area contributed by atoms with Crippen molar-refractivity contribution in [2.24, 2.45) is 0 Å². The highest BCUT2D eigenvalue weighted by molar-refractivity contribution is 7.89. The molecule has 2 fully saturated rings. The SMILES string of the molecule is Cc1ccc(S(=O)(=O)N2CCN(C(=O)CNC(=O)c3ccc(N4CCCC4=O)cc3)CC2)c(C)c1. The van der Waals surface area contributed by atoms with Gasteiger partial charge in [0.2, 0.25) is 21.8 Å². The van der Waals surface area contributed by atoms with Gasteiger partial charge in [-0.15, -0.1) is 0 Å². The number of sulfonamides is 1. The molecule has 2 aliphatic rings. The van der Waals surface area contributed by atoms with Crippen molar-refractivity contribution < 1.29 is 22.8 Å². The van der Waals surface area contributed by atoms with E-state index < -0.39 is 10.0 Å². The maximum Gasteiger partial charge on any atom is 0.251 e. The van der Waals surface area contributed by atoms with Crippen LogP contribution < -0.4 is 10.2 Å². The first-order valence-corrected chi connectivity index (χ1v) is 13.1. The molecule has 0 unspecified atom stereocenters. The summed E-state index contributed by atoms with van der Waals surface area (Å²) < 4.78 is 27.5. The van der Waals surface area contributed by atoms with Gasteiger partial charge in [-0.25, -0.2) is 8.42 Å². The summed E-state index contributed by atoms with van der Waals surface area (Å²) in [6, 6.07) is 12.0. The van der Waals surface area contributed by atoms with E-state index in [1.807, 2.05) is 13.0 Å². The second-order valence-corrected chi connectivity index (χ2v) is 10.8. The molecule has 2 saturated heterocycles. The number of hydrogen-bond acceptors (Lipinski definition) is 5. The van der Waals surface area contributed by atoms with E-state index in [0.29, 0.717) is 24.1 Å². The molecular weight excluding hydrogens is 468 g/mol. The highest BCUT2D eigenvalue weighted by atomic mass is 32.2. The number of aryl methyl sites for hydroxylation is 2. The molecule has 0 aliphatic carbocycles. The van der Waals surface area contributed by atoms with Gasteiger partial charge in [0.25, 0.3) is 5.91 Å². The first kappa shape index (κ1) is 24.9. The van der Waals surface area contributed by atoms with E-state index in [1.165, 1.54) is 4.31 Å². The van der Waals surface area contributed by atoms with Crippen molar-refractivity contribution >= 4 is 33.4 Å². The molecule has 35 heavy (non-hydrogen) atoms. The van der Waals surface area contributed by atoms with Crippen LogP contribution in [0, 0.1) is 13.8 Å². The Morgan fingerprint density at radius 1 is 0.943 bits per heavy atom. The third kappa shape index (κ3) is 5.38. The minimum absolute atomic E-state index is 0.0784. The zero-order valence-electron chi connectivity index (χ0n) is 20.0. The van der Waals surface area contributed by atoms with E-state index >= 15 is 0 Å². The van der Waals surface area contributed by atoms with Gasteiger partial charge in [0.1, 0.15) is 0 Å². The molecule has 0 aromatic heterocycles. The number of amides is 3. The summed E-state index contributed by atoms with van der Waals surface area (Å²) in [7, 11) is -3.63. The lowest BCUT2D eigenvalue weighted by Crippen LogP contribution is -2.52. The highest BCUT2D eigenvalue weighted by Gasteiger charge is 2.31. The number of piperazine rings is 1. The van der Waals surface area contributed by atoms with E-state index in [1.54, 1.807) is 53.1 Å². The molecule has 2 aromatic carbocycles. The third-order valence-corrected chi connectivity index (χ3v) is 8.51. The molecule has 10 heteroatoms. The number of carbonyl (C=O) groups is 3. The van der Waals surface area contributed by atoms with Crippen LogP contribution in [0.1, 0.15) is 34.3 Å². The Morgan fingerprint density at radius 3 is 2.23 bits per heavy atom. The Balaban J connectivity index is 1.28. The van der Waals surface area contributed by atoms with Crippen LogP contribution >= 0.6 is 0 Å². The molecule has 0 radical (unpaired) electrons. The second kappa shape index (κ2) is 10.2. The summed E-state index contributed by atoms with van der Waals surface area (Å²) in [4.78, 5) is 40.5. The Kier molecular flexibility index (Phi) is 7.23. The Hall–Kier alpha value is -3.24. The maximum atomic E-state index is 13.0. The summed E-state index contributed by atoms with van der Waals surface area (Å²) in [5.41, 5.74) is 2.86. The lowest BCUT2D eigenvalue weighted by Gasteiger charge is -2.34. The van der Waals surface area contributed by atoms with E-state index in [4.69, 9.17) is 0 Å². The molecule has 0 atom stereocenters. The molecule has 2 aromatic rings. The largest absolute Gasteiger partial charge is 0.343 e. The maximum absolute atomic E-state index is 13.0. The molecule has 0 spiro atoms. The number of benzene rings is 2. The number of carbonyl (C=O) groups excluding carboxylic acids is 3. The lowest BCUT2D eigenvalue weighted by molar-refractivity contribution is -0.131. The zero-order valence-corrected chi connectivity index (χ0v) is 20.8. The number of hydrogen-bond donors (Lipinski definition) is 1. The van der Waals surface area contributed by atoms with E-state index in [2.05, 4.69) is 5.32 Å². The number of anilines is 1. The van der Waals surface area contributed by atoms with Crippen LogP contribution in [0.5, 0.6) is 0 Å². The van der Waals surface area contributed by atoms with E-state index in [-0.39, 0.29) is 55.3 Å². The smallest absolute Gasteiger partial charge is 0.251 e. The summed E-state index contributed by atoms with van der Waals surface area (Å²) in [6.07, 6.45) is 1.37. The van der Waals surface area contributed by atoms with Gasteiger partial charge in [-0.2, -0.15) is 4.31 Å². The fourth-order valence-electron chi connectivity index (χ4n) is 4.49. The number of nitrogens with one attached hydrogen (secondary N) is 1. The summed E-state index contributed by atoms with van der Waals surface area (Å²) in [5, 5.41) is 2.63. The lowest BCUT2D eigenvalue weighted by atomic mass is 10.2. The minimum atomic E-state index is -3.63. The summed E-state index contributed by atoms with van der Waals surface area (Å²) >= 11 is 0. The zero-order chi connectivity index (χ0) is 25.2.